The maximum absolute atomic E-state index is 6.32. The highest BCUT2D eigenvalue weighted by Crippen LogP contribution is 2.39. The number of benzene rings is 2. The van der Waals surface area contributed by atoms with E-state index in [1.807, 2.05) is 74.5 Å². The van der Waals surface area contributed by atoms with Gasteiger partial charge >= 0.3 is 0 Å². The molecule has 0 amide bonds. The second-order valence-corrected chi connectivity index (χ2v) is 8.11. The molecule has 2 saturated heterocycles. The zero-order chi connectivity index (χ0) is 21.0. The second-order valence-electron chi connectivity index (χ2n) is 8.11. The van der Waals surface area contributed by atoms with Gasteiger partial charge in [-0.1, -0.05) is 60.7 Å². The van der Waals surface area contributed by atoms with Crippen LogP contribution < -0.4 is 0 Å². The van der Waals surface area contributed by atoms with Crippen molar-refractivity contribution in [2.45, 2.75) is 63.6 Å². The first-order chi connectivity index (χ1) is 14.6. The lowest BCUT2D eigenvalue weighted by Crippen LogP contribution is -2.58. The summed E-state index contributed by atoms with van der Waals surface area (Å²) in [6.45, 7) is 5.11. The Morgan fingerprint density at radius 1 is 0.833 bits per heavy atom. The van der Waals surface area contributed by atoms with E-state index >= 15 is 0 Å². The molecule has 0 N–H and O–H groups in total. The van der Waals surface area contributed by atoms with E-state index in [0.717, 1.165) is 11.1 Å². The Bertz CT molecular complexity index is 781. The molecule has 2 aromatic carbocycles. The van der Waals surface area contributed by atoms with Gasteiger partial charge in [0.2, 0.25) is 0 Å². The topological polar surface area (TPSA) is 55.4 Å². The minimum atomic E-state index is -0.733. The van der Waals surface area contributed by atoms with Crippen LogP contribution in [0.4, 0.5) is 0 Å². The summed E-state index contributed by atoms with van der Waals surface area (Å²) in [4.78, 5) is 0. The van der Waals surface area contributed by atoms with Gasteiger partial charge in [-0.25, -0.2) is 0 Å². The fraction of sp³-hybridized carbons (Fsp3) is 0.500. The van der Waals surface area contributed by atoms with E-state index in [0.29, 0.717) is 19.8 Å². The molecule has 0 aromatic heterocycles. The van der Waals surface area contributed by atoms with E-state index in [-0.39, 0.29) is 24.4 Å². The molecule has 0 bridgehead atoms. The number of ether oxygens (including phenoxy) is 6. The van der Waals surface area contributed by atoms with E-state index in [9.17, 15) is 0 Å². The Labute approximate surface area is 178 Å². The standard InChI is InChI=1S/C24H30O6/c1-24(2)29-21-20(27-15-18-12-8-5-9-13-18)19(28-23(25-3)22(21)30-24)16-26-14-17-10-6-4-7-11-17/h4-13,19-23H,14-16H2,1-3H3/t19-,20-,21+,22+,23+/m1/s1. The van der Waals surface area contributed by atoms with Crippen LogP contribution >= 0.6 is 0 Å². The molecule has 4 rings (SSSR count). The number of hydrogen-bond donors (Lipinski definition) is 0. The first-order valence-corrected chi connectivity index (χ1v) is 10.4. The van der Waals surface area contributed by atoms with Gasteiger partial charge < -0.3 is 28.4 Å². The first-order valence-electron chi connectivity index (χ1n) is 10.4. The van der Waals surface area contributed by atoms with Gasteiger partial charge in [0.25, 0.3) is 0 Å². The third-order valence-electron chi connectivity index (χ3n) is 5.34. The van der Waals surface area contributed by atoms with E-state index < -0.39 is 12.1 Å². The molecule has 6 nitrogen and oxygen atoms in total. The van der Waals surface area contributed by atoms with Gasteiger partial charge in [0.15, 0.2) is 12.1 Å². The van der Waals surface area contributed by atoms with Crippen LogP contribution in [-0.2, 0) is 41.6 Å². The van der Waals surface area contributed by atoms with Crippen molar-refractivity contribution >= 4 is 0 Å². The Hall–Kier alpha value is -1.80. The number of fused-ring (bicyclic) bond motifs is 1. The van der Waals surface area contributed by atoms with Crippen molar-refractivity contribution in [1.29, 1.82) is 0 Å². The molecule has 0 saturated carbocycles. The van der Waals surface area contributed by atoms with Crippen LogP contribution in [0.2, 0.25) is 0 Å². The van der Waals surface area contributed by atoms with Crippen molar-refractivity contribution in [3.63, 3.8) is 0 Å². The maximum atomic E-state index is 6.32. The fourth-order valence-corrected chi connectivity index (χ4v) is 3.98. The Balaban J connectivity index is 1.47. The van der Waals surface area contributed by atoms with Crippen molar-refractivity contribution in [1.82, 2.24) is 0 Å². The summed E-state index contributed by atoms with van der Waals surface area (Å²) >= 11 is 0. The Morgan fingerprint density at radius 3 is 2.07 bits per heavy atom. The molecule has 0 radical (unpaired) electrons. The summed E-state index contributed by atoms with van der Waals surface area (Å²) in [6.07, 6.45) is -1.91. The van der Waals surface area contributed by atoms with Gasteiger partial charge in [0.1, 0.15) is 24.4 Å². The van der Waals surface area contributed by atoms with Crippen LogP contribution in [0.25, 0.3) is 0 Å². The van der Waals surface area contributed by atoms with Gasteiger partial charge in [0.05, 0.1) is 19.8 Å². The van der Waals surface area contributed by atoms with E-state index in [1.165, 1.54) is 0 Å². The molecule has 2 aliphatic rings. The largest absolute Gasteiger partial charge is 0.374 e. The molecule has 0 aliphatic carbocycles. The van der Waals surface area contributed by atoms with Crippen LogP contribution in [0.3, 0.4) is 0 Å². The fourth-order valence-electron chi connectivity index (χ4n) is 3.98. The molecule has 162 valence electrons. The Kier molecular flexibility index (Phi) is 6.83. The summed E-state index contributed by atoms with van der Waals surface area (Å²) < 4.78 is 36.4. The first kappa shape index (κ1) is 21.4. The summed E-state index contributed by atoms with van der Waals surface area (Å²) in [5.41, 5.74) is 2.20. The molecule has 2 aromatic rings. The normalized spacial score (nSPS) is 30.2. The van der Waals surface area contributed by atoms with Crippen LogP contribution in [0.15, 0.2) is 60.7 Å². The van der Waals surface area contributed by atoms with Crippen molar-refractivity contribution < 1.29 is 28.4 Å². The lowest BCUT2D eigenvalue weighted by Gasteiger charge is -2.41. The van der Waals surface area contributed by atoms with Crippen molar-refractivity contribution in [2.75, 3.05) is 13.7 Å². The Morgan fingerprint density at radius 2 is 1.43 bits per heavy atom. The lowest BCUT2D eigenvalue weighted by molar-refractivity contribution is -0.283. The zero-order valence-corrected chi connectivity index (χ0v) is 17.7. The number of methoxy groups -OCH3 is 1. The molecule has 5 atom stereocenters. The van der Waals surface area contributed by atoms with Crippen molar-refractivity contribution in [2.24, 2.45) is 0 Å². The average Bonchev–Trinajstić information content (AvgIpc) is 3.09. The third-order valence-corrected chi connectivity index (χ3v) is 5.34. The molecule has 6 heteroatoms. The van der Waals surface area contributed by atoms with Crippen molar-refractivity contribution in [3.05, 3.63) is 71.8 Å². The molecule has 2 fully saturated rings. The van der Waals surface area contributed by atoms with Crippen LogP contribution in [0, 0.1) is 0 Å². The third kappa shape index (κ3) is 5.09. The van der Waals surface area contributed by atoms with E-state index in [2.05, 4.69) is 0 Å². The number of rotatable bonds is 8. The van der Waals surface area contributed by atoms with Crippen LogP contribution in [-0.4, -0.2) is 50.2 Å². The maximum Gasteiger partial charge on any atom is 0.186 e. The lowest BCUT2D eigenvalue weighted by atomic mass is 9.99. The highest BCUT2D eigenvalue weighted by Gasteiger charge is 2.56. The molecule has 0 spiro atoms. The predicted molar refractivity (Wildman–Crippen MR) is 111 cm³/mol. The highest BCUT2D eigenvalue weighted by atomic mass is 16.8. The summed E-state index contributed by atoms with van der Waals surface area (Å²) in [7, 11) is 1.61. The quantitative estimate of drug-likeness (QED) is 0.657. The zero-order valence-electron chi connectivity index (χ0n) is 17.7. The monoisotopic (exact) mass is 414 g/mol. The van der Waals surface area contributed by atoms with Crippen LogP contribution in [0.1, 0.15) is 25.0 Å². The molecular weight excluding hydrogens is 384 g/mol. The molecule has 2 heterocycles. The van der Waals surface area contributed by atoms with Crippen LogP contribution in [0.5, 0.6) is 0 Å². The van der Waals surface area contributed by atoms with E-state index in [1.54, 1.807) is 7.11 Å². The second kappa shape index (κ2) is 9.56. The van der Waals surface area contributed by atoms with Gasteiger partial charge in [-0.2, -0.15) is 0 Å². The van der Waals surface area contributed by atoms with Gasteiger partial charge in [0, 0.05) is 7.11 Å². The highest BCUT2D eigenvalue weighted by molar-refractivity contribution is 5.14. The average molecular weight is 414 g/mol. The van der Waals surface area contributed by atoms with E-state index in [4.69, 9.17) is 28.4 Å². The molecule has 30 heavy (non-hydrogen) atoms. The summed E-state index contributed by atoms with van der Waals surface area (Å²) in [6, 6.07) is 20.1. The SMILES string of the molecule is CO[C@H]1O[C@H](COCc2ccccc2)[C@@H](OCc2ccccc2)[C@@H]2OC(C)(C)O[C@H]12. The minimum absolute atomic E-state index is 0.312. The van der Waals surface area contributed by atoms with Gasteiger partial charge in [-0.05, 0) is 25.0 Å². The minimum Gasteiger partial charge on any atom is -0.374 e. The summed E-state index contributed by atoms with van der Waals surface area (Å²) in [5, 5.41) is 0. The smallest absolute Gasteiger partial charge is 0.186 e. The van der Waals surface area contributed by atoms with Gasteiger partial charge in [-0.3, -0.25) is 0 Å². The molecule has 0 unspecified atom stereocenters. The molecule has 2 aliphatic heterocycles. The van der Waals surface area contributed by atoms with Crippen molar-refractivity contribution in [3.8, 4) is 0 Å². The predicted octanol–water partition coefficient (Wildman–Crippen LogP) is 3.68. The molecular formula is C24H30O6. The number of hydrogen-bond acceptors (Lipinski definition) is 6. The summed E-state index contributed by atoms with van der Waals surface area (Å²) in [5.74, 6) is -0.733. The van der Waals surface area contributed by atoms with Gasteiger partial charge in [-0.15, -0.1) is 0 Å².